The van der Waals surface area contributed by atoms with Crippen molar-refractivity contribution in [2.24, 2.45) is 0 Å². The van der Waals surface area contributed by atoms with E-state index in [0.717, 1.165) is 46.0 Å². The summed E-state index contributed by atoms with van der Waals surface area (Å²) < 4.78 is 36.8. The van der Waals surface area contributed by atoms with Crippen molar-refractivity contribution in [3.8, 4) is 11.5 Å². The lowest BCUT2D eigenvalue weighted by molar-refractivity contribution is 0.387. The van der Waals surface area contributed by atoms with E-state index in [9.17, 15) is 8.78 Å². The topological polar surface area (TPSA) is 50.0 Å². The predicted octanol–water partition coefficient (Wildman–Crippen LogP) is 7.65. The van der Waals surface area contributed by atoms with Crippen LogP contribution in [0.5, 0.6) is 11.5 Å². The number of rotatable bonds is 4. The van der Waals surface area contributed by atoms with E-state index >= 15 is 0 Å². The lowest BCUT2D eigenvalue weighted by Gasteiger charge is -2.02. The molecule has 6 heteroatoms. The Kier molecular flexibility index (Phi) is 9.31. The van der Waals surface area contributed by atoms with E-state index in [1.54, 1.807) is 12.1 Å². The largest absolute Gasteiger partial charge is 0.494 e. The highest BCUT2D eigenvalue weighted by Gasteiger charge is 2.12. The van der Waals surface area contributed by atoms with E-state index in [1.165, 1.54) is 37.5 Å². The first-order valence-corrected chi connectivity index (χ1v) is 10.0. The van der Waals surface area contributed by atoms with Crippen LogP contribution in [0.4, 0.5) is 8.78 Å². The van der Waals surface area contributed by atoms with Gasteiger partial charge >= 0.3 is 0 Å². The third kappa shape index (κ3) is 4.90. The maximum absolute atomic E-state index is 13.4. The molecule has 0 saturated heterocycles. The highest BCUT2D eigenvalue weighted by molar-refractivity contribution is 5.87. The maximum Gasteiger partial charge on any atom is 0.167 e. The molecular formula is C26H36F2N2O2. The van der Waals surface area contributed by atoms with Crippen LogP contribution in [-0.4, -0.2) is 24.2 Å². The Labute approximate surface area is 189 Å². The van der Waals surface area contributed by atoms with E-state index < -0.39 is 0 Å². The van der Waals surface area contributed by atoms with Gasteiger partial charge in [0.2, 0.25) is 0 Å². The molecule has 2 N–H and O–H groups in total. The van der Waals surface area contributed by atoms with Crippen LogP contribution in [0.3, 0.4) is 0 Å². The summed E-state index contributed by atoms with van der Waals surface area (Å²) >= 11 is 0. The number of aromatic amines is 2. The number of methoxy groups -OCH3 is 2. The van der Waals surface area contributed by atoms with Crippen molar-refractivity contribution < 1.29 is 18.3 Å². The zero-order chi connectivity index (χ0) is 22.0. The van der Waals surface area contributed by atoms with Gasteiger partial charge in [-0.2, -0.15) is 0 Å². The van der Waals surface area contributed by atoms with Crippen LogP contribution in [0, 0.1) is 25.5 Å². The molecule has 0 spiro atoms. The molecule has 0 aliphatic rings. The molecule has 0 unspecified atom stereocenters. The lowest BCUT2D eigenvalue weighted by atomic mass is 10.1. The molecule has 0 saturated carbocycles. The van der Waals surface area contributed by atoms with E-state index in [0.29, 0.717) is 11.5 Å². The predicted molar refractivity (Wildman–Crippen MR) is 131 cm³/mol. The first-order chi connectivity index (χ1) is 14.3. The molecule has 0 aliphatic carbocycles. The molecule has 0 radical (unpaired) electrons. The van der Waals surface area contributed by atoms with Crippen LogP contribution in [0.25, 0.3) is 21.8 Å². The SMILES string of the molecule is C.C.CCc1c(C)[nH]c2cc(F)c(OC)cc12.CCc1c(C)[nH]c2cc(F)c(OC)cc12. The molecule has 32 heavy (non-hydrogen) atoms. The fourth-order valence-electron chi connectivity index (χ4n) is 4.00. The van der Waals surface area contributed by atoms with Crippen molar-refractivity contribution in [3.63, 3.8) is 0 Å². The minimum absolute atomic E-state index is 0. The Hall–Kier alpha value is -3.02. The maximum atomic E-state index is 13.4. The number of aryl methyl sites for hydroxylation is 4. The van der Waals surface area contributed by atoms with Crippen LogP contribution < -0.4 is 9.47 Å². The quantitative estimate of drug-likeness (QED) is 0.338. The van der Waals surface area contributed by atoms with Gasteiger partial charge in [0, 0.05) is 45.3 Å². The summed E-state index contributed by atoms with van der Waals surface area (Å²) in [7, 11) is 2.96. The summed E-state index contributed by atoms with van der Waals surface area (Å²) in [6.07, 6.45) is 1.86. The second kappa shape index (κ2) is 11.0. The van der Waals surface area contributed by atoms with Crippen LogP contribution >= 0.6 is 0 Å². The van der Waals surface area contributed by atoms with E-state index in [2.05, 4.69) is 23.8 Å². The highest BCUT2D eigenvalue weighted by atomic mass is 19.1. The molecule has 0 fully saturated rings. The normalized spacial score (nSPS) is 10.2. The molecule has 2 aromatic carbocycles. The zero-order valence-electron chi connectivity index (χ0n) is 18.3. The lowest BCUT2D eigenvalue weighted by Crippen LogP contribution is -1.88. The van der Waals surface area contributed by atoms with Crippen LogP contribution in [0.15, 0.2) is 24.3 Å². The van der Waals surface area contributed by atoms with Crippen molar-refractivity contribution in [2.45, 2.75) is 55.4 Å². The number of nitrogens with one attached hydrogen (secondary N) is 2. The van der Waals surface area contributed by atoms with Crippen LogP contribution in [-0.2, 0) is 12.8 Å². The van der Waals surface area contributed by atoms with Crippen LogP contribution in [0.1, 0.15) is 51.2 Å². The number of H-pyrrole nitrogens is 2. The van der Waals surface area contributed by atoms with Gasteiger partial charge in [-0.15, -0.1) is 0 Å². The van der Waals surface area contributed by atoms with Crippen molar-refractivity contribution in [2.75, 3.05) is 14.2 Å². The fraction of sp³-hybridized carbons (Fsp3) is 0.385. The van der Waals surface area contributed by atoms with E-state index in [-0.39, 0.29) is 26.5 Å². The van der Waals surface area contributed by atoms with Gasteiger partial charge in [-0.3, -0.25) is 0 Å². The Morgan fingerprint density at radius 3 is 1.31 bits per heavy atom. The van der Waals surface area contributed by atoms with Gasteiger partial charge in [0.1, 0.15) is 0 Å². The van der Waals surface area contributed by atoms with Gasteiger partial charge in [0.25, 0.3) is 0 Å². The number of fused-ring (bicyclic) bond motifs is 2. The Balaban J connectivity index is 0.000000301. The van der Waals surface area contributed by atoms with Gasteiger partial charge in [-0.1, -0.05) is 28.7 Å². The van der Waals surface area contributed by atoms with Crippen molar-refractivity contribution in [3.05, 3.63) is 58.4 Å². The number of hydrogen-bond donors (Lipinski definition) is 2. The molecule has 0 atom stereocenters. The summed E-state index contributed by atoms with van der Waals surface area (Å²) in [5, 5.41) is 2.10. The highest BCUT2D eigenvalue weighted by Crippen LogP contribution is 2.30. The first kappa shape index (κ1) is 27.0. The van der Waals surface area contributed by atoms with Crippen molar-refractivity contribution in [1.82, 2.24) is 9.97 Å². The average Bonchev–Trinajstić information content (AvgIpc) is 3.20. The van der Waals surface area contributed by atoms with Crippen molar-refractivity contribution in [1.29, 1.82) is 0 Å². The fourth-order valence-corrected chi connectivity index (χ4v) is 4.00. The third-order valence-electron chi connectivity index (χ3n) is 5.49. The number of ether oxygens (including phenoxy) is 2. The molecule has 176 valence electrons. The van der Waals surface area contributed by atoms with Gasteiger partial charge in [0.05, 0.1) is 14.2 Å². The van der Waals surface area contributed by atoms with Crippen molar-refractivity contribution >= 4 is 21.8 Å². The molecule has 2 heterocycles. The van der Waals surface area contributed by atoms with Crippen LogP contribution in [0.2, 0.25) is 0 Å². The molecular weight excluding hydrogens is 410 g/mol. The standard InChI is InChI=1S/2C12H14FNO.2CH4/c2*1-4-8-7(2)14-11-6-10(13)12(15-3)5-9(8)11;;/h2*5-6,14H,4H2,1-3H3;2*1H4. The summed E-state index contributed by atoms with van der Waals surface area (Å²) in [5.74, 6) is -0.0461. The van der Waals surface area contributed by atoms with Gasteiger partial charge < -0.3 is 19.4 Å². The summed E-state index contributed by atoms with van der Waals surface area (Å²) in [5.41, 5.74) is 6.32. The molecule has 0 bridgehead atoms. The molecule has 0 amide bonds. The Bertz CT molecular complexity index is 1100. The minimum Gasteiger partial charge on any atom is -0.494 e. The molecule has 4 nitrogen and oxygen atoms in total. The number of benzene rings is 2. The first-order valence-electron chi connectivity index (χ1n) is 10.0. The van der Waals surface area contributed by atoms with E-state index in [1.807, 2.05) is 13.8 Å². The molecule has 2 aromatic heterocycles. The van der Waals surface area contributed by atoms with Gasteiger partial charge in [0.15, 0.2) is 23.1 Å². The minimum atomic E-state index is -0.325. The molecule has 4 aromatic rings. The smallest absolute Gasteiger partial charge is 0.167 e. The summed E-state index contributed by atoms with van der Waals surface area (Å²) in [6.45, 7) is 8.18. The Morgan fingerprint density at radius 2 is 1.03 bits per heavy atom. The molecule has 4 rings (SSSR count). The summed E-state index contributed by atoms with van der Waals surface area (Å²) in [6, 6.07) is 6.49. The monoisotopic (exact) mass is 446 g/mol. The van der Waals surface area contributed by atoms with E-state index in [4.69, 9.17) is 9.47 Å². The average molecular weight is 447 g/mol. The second-order valence-corrected chi connectivity index (χ2v) is 7.23. The number of aromatic nitrogens is 2. The Morgan fingerprint density at radius 1 is 0.688 bits per heavy atom. The molecule has 0 aliphatic heterocycles. The second-order valence-electron chi connectivity index (χ2n) is 7.23. The summed E-state index contributed by atoms with van der Waals surface area (Å²) in [4.78, 5) is 6.35. The number of hydrogen-bond acceptors (Lipinski definition) is 2. The van der Waals surface area contributed by atoms with Gasteiger partial charge in [-0.05, 0) is 49.9 Å². The third-order valence-corrected chi connectivity index (χ3v) is 5.49. The van der Waals surface area contributed by atoms with Gasteiger partial charge in [-0.25, -0.2) is 8.78 Å². The number of halogens is 2. The zero-order valence-corrected chi connectivity index (χ0v) is 18.3.